The number of Topliss-reactive ketones (excluding diaryl/α,β-unsaturated/α-hetero) is 1. The zero-order valence-electron chi connectivity index (χ0n) is 18.2. The van der Waals surface area contributed by atoms with Crippen molar-refractivity contribution in [3.63, 3.8) is 0 Å². The Kier molecular flexibility index (Phi) is 6.47. The van der Waals surface area contributed by atoms with Crippen LogP contribution >= 0.6 is 11.6 Å². The van der Waals surface area contributed by atoms with E-state index in [0.29, 0.717) is 24.4 Å². The third-order valence-corrected chi connectivity index (χ3v) is 6.67. The molecular formula is C24H21ClN2O7. The zero-order valence-corrected chi connectivity index (χ0v) is 19.0. The zero-order chi connectivity index (χ0) is 24.6. The highest BCUT2D eigenvalue weighted by Crippen LogP contribution is 2.42. The van der Waals surface area contributed by atoms with Crippen LogP contribution in [-0.2, 0) is 14.3 Å². The van der Waals surface area contributed by atoms with E-state index in [9.17, 15) is 29.3 Å². The predicted octanol–water partition coefficient (Wildman–Crippen LogP) is 4.21. The number of ketones is 1. The van der Waals surface area contributed by atoms with Crippen LogP contribution in [0.2, 0.25) is 5.02 Å². The highest BCUT2D eigenvalue weighted by molar-refractivity contribution is 6.32. The Hall–Kier alpha value is -3.59. The van der Waals surface area contributed by atoms with Gasteiger partial charge in [0.1, 0.15) is 5.02 Å². The molecule has 1 saturated carbocycles. The number of ether oxygens (including phenoxy) is 1. The topological polar surface area (TPSA) is 124 Å². The molecular weight excluding hydrogens is 464 g/mol. The number of nitrogens with zero attached hydrogens (tertiary/aromatic N) is 2. The highest BCUT2D eigenvalue weighted by atomic mass is 35.5. The SMILES string of the molecule is C[C@@H]1CC[C@H]2C(=O)N(c3ccc(C(=O)OCC(=O)c4ccc(Cl)c([N+](=O)[O-])c4)cc3)C(=O)[C@@H]2C1. The van der Waals surface area contributed by atoms with Gasteiger partial charge in [0.15, 0.2) is 6.61 Å². The van der Waals surface area contributed by atoms with Gasteiger partial charge in [-0.15, -0.1) is 0 Å². The van der Waals surface area contributed by atoms with Gasteiger partial charge < -0.3 is 4.74 Å². The number of carbonyl (C=O) groups excluding carboxylic acids is 4. The summed E-state index contributed by atoms with van der Waals surface area (Å²) in [5, 5.41) is 10.9. The molecule has 9 nitrogen and oxygen atoms in total. The van der Waals surface area contributed by atoms with Crippen molar-refractivity contribution in [1.82, 2.24) is 0 Å². The molecule has 1 aliphatic heterocycles. The largest absolute Gasteiger partial charge is 0.454 e. The van der Waals surface area contributed by atoms with Gasteiger partial charge in [-0.25, -0.2) is 4.79 Å². The van der Waals surface area contributed by atoms with Gasteiger partial charge in [-0.2, -0.15) is 0 Å². The standard InChI is InChI=1S/C24H21ClN2O7/c1-13-2-8-17-18(10-13)23(30)26(22(17)29)16-6-3-14(4-7-16)24(31)34-12-21(28)15-5-9-19(25)20(11-15)27(32)33/h3-7,9,11,13,17-18H,2,8,10,12H2,1H3/t13-,17-,18-/m1/s1. The number of nitro groups is 1. The summed E-state index contributed by atoms with van der Waals surface area (Å²) in [6, 6.07) is 9.39. The first-order chi connectivity index (χ1) is 16.2. The van der Waals surface area contributed by atoms with E-state index in [1.165, 1.54) is 41.3 Å². The lowest BCUT2D eigenvalue weighted by atomic mass is 9.76. The minimum absolute atomic E-state index is 0.0129. The van der Waals surface area contributed by atoms with Crippen molar-refractivity contribution in [3.05, 3.63) is 68.7 Å². The average Bonchev–Trinajstić information content (AvgIpc) is 3.06. The molecule has 2 aromatic carbocycles. The summed E-state index contributed by atoms with van der Waals surface area (Å²) in [5.74, 6) is -2.02. The summed E-state index contributed by atoms with van der Waals surface area (Å²) in [4.78, 5) is 61.8. The van der Waals surface area contributed by atoms with Crippen LogP contribution in [0.4, 0.5) is 11.4 Å². The number of anilines is 1. The number of hydrogen-bond donors (Lipinski definition) is 0. The smallest absolute Gasteiger partial charge is 0.338 e. The van der Waals surface area contributed by atoms with E-state index in [1.54, 1.807) is 0 Å². The van der Waals surface area contributed by atoms with Gasteiger partial charge in [0.25, 0.3) is 5.69 Å². The van der Waals surface area contributed by atoms with E-state index in [-0.39, 0.29) is 39.8 Å². The number of amides is 2. The molecule has 2 amide bonds. The summed E-state index contributed by atoms with van der Waals surface area (Å²) in [6.07, 6.45) is 2.31. The van der Waals surface area contributed by atoms with E-state index in [1.807, 2.05) is 0 Å². The second-order valence-corrected chi connectivity index (χ2v) is 9.02. The van der Waals surface area contributed by atoms with Gasteiger partial charge in [0.05, 0.1) is 28.0 Å². The van der Waals surface area contributed by atoms with Crippen molar-refractivity contribution in [2.75, 3.05) is 11.5 Å². The number of imide groups is 1. The number of rotatable bonds is 6. The highest BCUT2D eigenvalue weighted by Gasteiger charge is 2.49. The maximum Gasteiger partial charge on any atom is 0.338 e. The summed E-state index contributed by atoms with van der Waals surface area (Å²) < 4.78 is 5.03. The van der Waals surface area contributed by atoms with Gasteiger partial charge >= 0.3 is 5.97 Å². The van der Waals surface area contributed by atoms with Gasteiger partial charge in [0.2, 0.25) is 17.6 Å². The molecule has 1 saturated heterocycles. The van der Waals surface area contributed by atoms with Crippen molar-refractivity contribution in [2.45, 2.75) is 26.2 Å². The van der Waals surface area contributed by atoms with Crippen LogP contribution in [0.1, 0.15) is 46.9 Å². The van der Waals surface area contributed by atoms with E-state index < -0.39 is 29.0 Å². The Balaban J connectivity index is 1.40. The summed E-state index contributed by atoms with van der Waals surface area (Å²) in [6.45, 7) is 1.46. The molecule has 0 bridgehead atoms. The molecule has 34 heavy (non-hydrogen) atoms. The molecule has 4 rings (SSSR count). The van der Waals surface area contributed by atoms with Gasteiger partial charge in [-0.1, -0.05) is 18.5 Å². The third-order valence-electron chi connectivity index (χ3n) is 6.35. The summed E-state index contributed by atoms with van der Waals surface area (Å²) in [7, 11) is 0. The maximum absolute atomic E-state index is 12.8. The lowest BCUT2D eigenvalue weighted by molar-refractivity contribution is -0.384. The molecule has 0 unspecified atom stereocenters. The molecule has 0 spiro atoms. The van der Waals surface area contributed by atoms with Crippen LogP contribution in [0.5, 0.6) is 0 Å². The number of halogens is 1. The Morgan fingerprint density at radius 3 is 2.38 bits per heavy atom. The number of nitro benzene ring substituents is 1. The number of fused-ring (bicyclic) bond motifs is 1. The fraction of sp³-hybridized carbons (Fsp3) is 0.333. The molecule has 0 aromatic heterocycles. The molecule has 2 aliphatic rings. The monoisotopic (exact) mass is 484 g/mol. The first-order valence-electron chi connectivity index (χ1n) is 10.8. The Labute approximate surface area is 199 Å². The predicted molar refractivity (Wildman–Crippen MR) is 122 cm³/mol. The van der Waals surface area contributed by atoms with Crippen molar-refractivity contribution in [1.29, 1.82) is 0 Å². The van der Waals surface area contributed by atoms with Crippen molar-refractivity contribution in [2.24, 2.45) is 17.8 Å². The number of benzene rings is 2. The lowest BCUT2D eigenvalue weighted by Gasteiger charge is -2.25. The second-order valence-electron chi connectivity index (χ2n) is 8.61. The molecule has 0 radical (unpaired) electrons. The first-order valence-corrected chi connectivity index (χ1v) is 11.2. The Morgan fingerprint density at radius 2 is 1.71 bits per heavy atom. The normalized spacial score (nSPS) is 21.8. The minimum atomic E-state index is -0.787. The van der Waals surface area contributed by atoms with Crippen LogP contribution in [0.3, 0.4) is 0 Å². The first kappa shape index (κ1) is 23.6. The molecule has 1 aliphatic carbocycles. The van der Waals surface area contributed by atoms with Gasteiger partial charge in [-0.3, -0.25) is 29.4 Å². The third kappa shape index (κ3) is 4.43. The molecule has 0 N–H and O–H groups in total. The van der Waals surface area contributed by atoms with Gasteiger partial charge in [-0.05, 0) is 61.6 Å². The molecule has 2 aromatic rings. The number of hydrogen-bond acceptors (Lipinski definition) is 7. The lowest BCUT2D eigenvalue weighted by Crippen LogP contribution is -2.30. The summed E-state index contributed by atoms with van der Waals surface area (Å²) in [5.41, 5.74) is 0.0813. The fourth-order valence-corrected chi connectivity index (χ4v) is 4.70. The number of carbonyl (C=O) groups is 4. The van der Waals surface area contributed by atoms with Crippen LogP contribution in [0.15, 0.2) is 42.5 Å². The van der Waals surface area contributed by atoms with E-state index in [0.717, 1.165) is 12.5 Å². The van der Waals surface area contributed by atoms with E-state index in [4.69, 9.17) is 16.3 Å². The quantitative estimate of drug-likeness (QED) is 0.198. The second kappa shape index (κ2) is 9.34. The van der Waals surface area contributed by atoms with E-state index >= 15 is 0 Å². The molecule has 176 valence electrons. The van der Waals surface area contributed by atoms with Crippen molar-refractivity contribution < 1.29 is 28.8 Å². The Bertz CT molecular complexity index is 1190. The average molecular weight is 485 g/mol. The van der Waals surface area contributed by atoms with Crippen LogP contribution in [0, 0.1) is 27.9 Å². The maximum atomic E-state index is 12.8. The fourth-order valence-electron chi connectivity index (χ4n) is 4.51. The molecule has 10 heteroatoms. The van der Waals surface area contributed by atoms with Crippen molar-refractivity contribution in [3.8, 4) is 0 Å². The van der Waals surface area contributed by atoms with Crippen LogP contribution < -0.4 is 4.90 Å². The number of esters is 1. The summed E-state index contributed by atoms with van der Waals surface area (Å²) >= 11 is 5.74. The molecule has 2 fully saturated rings. The van der Waals surface area contributed by atoms with Gasteiger partial charge in [0, 0.05) is 11.6 Å². The molecule has 3 atom stereocenters. The van der Waals surface area contributed by atoms with Crippen LogP contribution in [-0.4, -0.2) is 35.1 Å². The van der Waals surface area contributed by atoms with E-state index in [2.05, 4.69) is 6.92 Å². The Morgan fingerprint density at radius 1 is 1.06 bits per heavy atom. The van der Waals surface area contributed by atoms with Crippen molar-refractivity contribution >= 4 is 46.5 Å². The molecule has 1 heterocycles. The van der Waals surface area contributed by atoms with Crippen LogP contribution in [0.25, 0.3) is 0 Å². The minimum Gasteiger partial charge on any atom is -0.454 e.